The summed E-state index contributed by atoms with van der Waals surface area (Å²) in [6.07, 6.45) is 2.01. The Morgan fingerprint density at radius 3 is 2.59 bits per heavy atom. The molecule has 2 aromatic rings. The van der Waals surface area contributed by atoms with Gasteiger partial charge in [-0.25, -0.2) is 4.79 Å². The van der Waals surface area contributed by atoms with Gasteiger partial charge in [-0.15, -0.1) is 0 Å². The molecule has 1 heterocycles. The standard InChI is InChI=1S/C17H22ClN3O/c1-13(2)10-19-17(22)20-11-16-4-3-9-21(16)12-14-5-7-15(18)8-6-14/h3-9,13H,10-12H2,1-2H3,(H2,19,20,22). The third kappa shape index (κ3) is 5.11. The van der Waals surface area contributed by atoms with Crippen LogP contribution in [-0.2, 0) is 13.1 Å². The SMILES string of the molecule is CC(C)CNC(=O)NCc1cccn1Cc1ccc(Cl)cc1. The van der Waals surface area contributed by atoms with Crippen molar-refractivity contribution in [3.8, 4) is 0 Å². The van der Waals surface area contributed by atoms with Crippen molar-refractivity contribution in [1.82, 2.24) is 15.2 Å². The van der Waals surface area contributed by atoms with Gasteiger partial charge in [-0.1, -0.05) is 37.6 Å². The third-order valence-corrected chi connectivity index (χ3v) is 3.54. The highest BCUT2D eigenvalue weighted by molar-refractivity contribution is 6.30. The highest BCUT2D eigenvalue weighted by Gasteiger charge is 2.05. The normalized spacial score (nSPS) is 10.7. The minimum Gasteiger partial charge on any atom is -0.345 e. The van der Waals surface area contributed by atoms with Crippen LogP contribution in [0.15, 0.2) is 42.6 Å². The van der Waals surface area contributed by atoms with E-state index in [1.807, 2.05) is 42.6 Å². The molecule has 0 aliphatic heterocycles. The van der Waals surface area contributed by atoms with Gasteiger partial charge in [0, 0.05) is 30.0 Å². The third-order valence-electron chi connectivity index (χ3n) is 3.29. The molecule has 0 radical (unpaired) electrons. The molecule has 0 bridgehead atoms. The van der Waals surface area contributed by atoms with Crippen molar-refractivity contribution in [3.05, 3.63) is 58.9 Å². The number of nitrogens with zero attached hydrogens (tertiary/aromatic N) is 1. The molecule has 22 heavy (non-hydrogen) atoms. The minimum atomic E-state index is -0.132. The first-order chi connectivity index (χ1) is 10.5. The number of urea groups is 1. The van der Waals surface area contributed by atoms with Gasteiger partial charge in [0.15, 0.2) is 0 Å². The molecule has 0 aliphatic carbocycles. The Hall–Kier alpha value is -1.94. The van der Waals surface area contributed by atoms with Crippen molar-refractivity contribution < 1.29 is 4.79 Å². The number of amides is 2. The number of rotatable bonds is 6. The smallest absolute Gasteiger partial charge is 0.315 e. The Labute approximate surface area is 136 Å². The number of benzene rings is 1. The molecule has 0 aliphatic rings. The molecule has 0 atom stereocenters. The molecular weight excluding hydrogens is 298 g/mol. The van der Waals surface area contributed by atoms with E-state index < -0.39 is 0 Å². The lowest BCUT2D eigenvalue weighted by atomic mass is 10.2. The van der Waals surface area contributed by atoms with E-state index in [2.05, 4.69) is 29.0 Å². The number of aromatic nitrogens is 1. The lowest BCUT2D eigenvalue weighted by molar-refractivity contribution is 0.239. The maximum atomic E-state index is 11.7. The Morgan fingerprint density at radius 1 is 1.18 bits per heavy atom. The van der Waals surface area contributed by atoms with Crippen molar-refractivity contribution in [2.45, 2.75) is 26.9 Å². The van der Waals surface area contributed by atoms with E-state index >= 15 is 0 Å². The van der Waals surface area contributed by atoms with Crippen LogP contribution in [0, 0.1) is 5.92 Å². The largest absolute Gasteiger partial charge is 0.345 e. The summed E-state index contributed by atoms with van der Waals surface area (Å²) < 4.78 is 2.12. The van der Waals surface area contributed by atoms with Gasteiger partial charge in [0.05, 0.1) is 6.54 Å². The number of hydrogen-bond acceptors (Lipinski definition) is 1. The van der Waals surface area contributed by atoms with Crippen LogP contribution in [0.25, 0.3) is 0 Å². The summed E-state index contributed by atoms with van der Waals surface area (Å²) in [5, 5.41) is 6.47. The van der Waals surface area contributed by atoms with Gasteiger partial charge in [0.2, 0.25) is 0 Å². The van der Waals surface area contributed by atoms with Crippen LogP contribution >= 0.6 is 11.6 Å². The van der Waals surface area contributed by atoms with Crippen molar-refractivity contribution in [2.75, 3.05) is 6.54 Å². The second kappa shape index (κ2) is 7.90. The van der Waals surface area contributed by atoms with E-state index in [1.54, 1.807) is 0 Å². The van der Waals surface area contributed by atoms with Crippen molar-refractivity contribution in [2.24, 2.45) is 5.92 Å². The second-order valence-electron chi connectivity index (χ2n) is 5.71. The van der Waals surface area contributed by atoms with Gasteiger partial charge in [0.1, 0.15) is 0 Å². The Morgan fingerprint density at radius 2 is 1.91 bits per heavy atom. The molecule has 2 rings (SSSR count). The van der Waals surface area contributed by atoms with Gasteiger partial charge in [-0.05, 0) is 35.7 Å². The predicted molar refractivity (Wildman–Crippen MR) is 90.1 cm³/mol. The van der Waals surface area contributed by atoms with E-state index in [4.69, 9.17) is 11.6 Å². The van der Waals surface area contributed by atoms with E-state index in [9.17, 15) is 4.79 Å². The molecule has 5 heteroatoms. The number of carbonyl (C=O) groups is 1. The average molecular weight is 320 g/mol. The first-order valence-corrected chi connectivity index (χ1v) is 7.82. The van der Waals surface area contributed by atoms with Gasteiger partial charge in [-0.2, -0.15) is 0 Å². The van der Waals surface area contributed by atoms with Gasteiger partial charge in [0.25, 0.3) is 0 Å². The zero-order valence-electron chi connectivity index (χ0n) is 13.0. The quantitative estimate of drug-likeness (QED) is 0.839. The number of carbonyl (C=O) groups excluding carboxylic acids is 1. The number of halogens is 1. The highest BCUT2D eigenvalue weighted by atomic mass is 35.5. The van der Waals surface area contributed by atoms with Crippen LogP contribution in [0.2, 0.25) is 5.02 Å². The van der Waals surface area contributed by atoms with Gasteiger partial charge < -0.3 is 15.2 Å². The lowest BCUT2D eigenvalue weighted by Gasteiger charge is -2.12. The zero-order valence-corrected chi connectivity index (χ0v) is 13.7. The maximum Gasteiger partial charge on any atom is 0.315 e. The highest BCUT2D eigenvalue weighted by Crippen LogP contribution is 2.12. The average Bonchev–Trinajstić information content (AvgIpc) is 2.92. The summed E-state index contributed by atoms with van der Waals surface area (Å²) in [4.78, 5) is 11.7. The molecule has 2 amide bonds. The topological polar surface area (TPSA) is 46.1 Å². The molecule has 2 N–H and O–H groups in total. The molecule has 0 saturated carbocycles. The Bertz CT molecular complexity index is 605. The van der Waals surface area contributed by atoms with Crippen LogP contribution in [0.5, 0.6) is 0 Å². The first kappa shape index (κ1) is 16.4. The van der Waals surface area contributed by atoms with Crippen LogP contribution in [0.1, 0.15) is 25.1 Å². The van der Waals surface area contributed by atoms with Crippen LogP contribution < -0.4 is 10.6 Å². The van der Waals surface area contributed by atoms with Crippen LogP contribution in [0.3, 0.4) is 0 Å². The Kier molecular flexibility index (Phi) is 5.90. The van der Waals surface area contributed by atoms with E-state index in [1.165, 1.54) is 5.56 Å². The summed E-state index contributed by atoms with van der Waals surface area (Å²) in [7, 11) is 0. The van der Waals surface area contributed by atoms with Crippen LogP contribution in [0.4, 0.5) is 4.79 Å². The van der Waals surface area contributed by atoms with Crippen molar-refractivity contribution >= 4 is 17.6 Å². The van der Waals surface area contributed by atoms with Crippen molar-refractivity contribution in [1.29, 1.82) is 0 Å². The first-order valence-electron chi connectivity index (χ1n) is 7.45. The second-order valence-corrected chi connectivity index (χ2v) is 6.15. The monoisotopic (exact) mass is 319 g/mol. The summed E-state index contributed by atoms with van der Waals surface area (Å²) in [6, 6.07) is 11.7. The molecule has 0 fully saturated rings. The Balaban J connectivity index is 1.89. The fraction of sp³-hybridized carbons (Fsp3) is 0.353. The van der Waals surface area contributed by atoms with E-state index in [0.29, 0.717) is 19.0 Å². The van der Waals surface area contributed by atoms with Gasteiger partial charge >= 0.3 is 6.03 Å². The number of nitrogens with one attached hydrogen (secondary N) is 2. The van der Waals surface area contributed by atoms with Gasteiger partial charge in [-0.3, -0.25) is 0 Å². The molecule has 0 saturated heterocycles. The zero-order chi connectivity index (χ0) is 15.9. The molecule has 0 unspecified atom stereocenters. The molecule has 1 aromatic carbocycles. The van der Waals surface area contributed by atoms with Crippen molar-refractivity contribution in [3.63, 3.8) is 0 Å². The minimum absolute atomic E-state index is 0.132. The molecule has 118 valence electrons. The summed E-state index contributed by atoms with van der Waals surface area (Å²) >= 11 is 5.90. The van der Waals surface area contributed by atoms with E-state index in [0.717, 1.165) is 17.3 Å². The molecule has 1 aromatic heterocycles. The summed E-state index contributed by atoms with van der Waals surface area (Å²) in [5.41, 5.74) is 2.24. The summed E-state index contributed by atoms with van der Waals surface area (Å²) in [6.45, 7) is 6.08. The summed E-state index contributed by atoms with van der Waals surface area (Å²) in [5.74, 6) is 0.444. The predicted octanol–water partition coefficient (Wildman–Crippen LogP) is 3.65. The molecule has 4 nitrogen and oxygen atoms in total. The lowest BCUT2D eigenvalue weighted by Crippen LogP contribution is -2.37. The fourth-order valence-electron chi connectivity index (χ4n) is 2.08. The maximum absolute atomic E-state index is 11.7. The van der Waals surface area contributed by atoms with E-state index in [-0.39, 0.29) is 6.03 Å². The fourth-order valence-corrected chi connectivity index (χ4v) is 2.21. The molecular formula is C17H22ClN3O. The molecule has 0 spiro atoms. The number of hydrogen-bond donors (Lipinski definition) is 2. The van der Waals surface area contributed by atoms with Crippen LogP contribution in [-0.4, -0.2) is 17.1 Å².